The van der Waals surface area contributed by atoms with Crippen LogP contribution in [0.4, 0.5) is 5.69 Å². The average molecular weight is 330 g/mol. The molecule has 0 spiro atoms. The van der Waals surface area contributed by atoms with E-state index >= 15 is 0 Å². The van der Waals surface area contributed by atoms with Crippen molar-refractivity contribution in [3.8, 4) is 0 Å². The molecule has 1 aromatic carbocycles. The fourth-order valence-corrected chi connectivity index (χ4v) is 2.79. The molecule has 2 rings (SSSR count). The van der Waals surface area contributed by atoms with E-state index in [1.807, 2.05) is 43.3 Å². The third-order valence-electron chi connectivity index (χ3n) is 2.11. The number of nitrogens with one attached hydrogen (secondary N) is 1. The topological polar surface area (TPSA) is 24.4 Å². The van der Waals surface area contributed by atoms with E-state index in [1.165, 1.54) is 0 Å². The van der Waals surface area contributed by atoms with Crippen molar-refractivity contribution in [2.24, 2.45) is 5.10 Å². The van der Waals surface area contributed by atoms with Crippen LogP contribution in [0.1, 0.15) is 11.8 Å². The predicted octanol–water partition coefficient (Wildman–Crippen LogP) is 5.00. The number of hydrogen-bond acceptors (Lipinski definition) is 3. The van der Waals surface area contributed by atoms with Crippen molar-refractivity contribution in [3.05, 3.63) is 50.1 Å². The molecule has 2 nitrogen and oxygen atoms in total. The molecule has 5 heteroatoms. The van der Waals surface area contributed by atoms with Gasteiger partial charge < -0.3 is 0 Å². The highest BCUT2D eigenvalue weighted by Gasteiger charge is 2.01. The van der Waals surface area contributed by atoms with Crippen LogP contribution in [-0.2, 0) is 0 Å². The van der Waals surface area contributed by atoms with Gasteiger partial charge in [0.1, 0.15) is 0 Å². The lowest BCUT2D eigenvalue weighted by molar-refractivity contribution is 1.33. The third-order valence-corrected chi connectivity index (χ3v) is 4.07. The highest BCUT2D eigenvalue weighted by atomic mass is 79.9. The van der Waals surface area contributed by atoms with Crippen molar-refractivity contribution < 1.29 is 0 Å². The minimum absolute atomic E-state index is 0.696. The van der Waals surface area contributed by atoms with E-state index in [1.54, 1.807) is 11.3 Å². The fraction of sp³-hybridized carbons (Fsp3) is 0.0833. The monoisotopic (exact) mass is 328 g/mol. The van der Waals surface area contributed by atoms with E-state index in [0.29, 0.717) is 5.02 Å². The lowest BCUT2D eigenvalue weighted by Gasteiger charge is -2.02. The van der Waals surface area contributed by atoms with Crippen LogP contribution < -0.4 is 5.43 Å². The Labute approximate surface area is 117 Å². The molecule has 2 aromatic rings. The Hall–Kier alpha value is -0.840. The Balaban J connectivity index is 2.10. The number of nitrogens with zero attached hydrogens (tertiary/aromatic N) is 1. The molecule has 1 aromatic heterocycles. The van der Waals surface area contributed by atoms with Gasteiger partial charge in [-0.1, -0.05) is 17.7 Å². The van der Waals surface area contributed by atoms with E-state index in [2.05, 4.69) is 26.5 Å². The lowest BCUT2D eigenvalue weighted by atomic mass is 10.3. The number of hydrazone groups is 1. The van der Waals surface area contributed by atoms with Gasteiger partial charge in [-0.25, -0.2) is 0 Å². The number of halogens is 2. The number of rotatable bonds is 3. The first-order chi connectivity index (χ1) is 8.15. The zero-order chi connectivity index (χ0) is 12.3. The zero-order valence-electron chi connectivity index (χ0n) is 9.08. The van der Waals surface area contributed by atoms with Gasteiger partial charge in [0.2, 0.25) is 0 Å². The van der Waals surface area contributed by atoms with Gasteiger partial charge in [-0.3, -0.25) is 5.43 Å². The number of benzene rings is 1. The quantitative estimate of drug-likeness (QED) is 0.622. The second kappa shape index (κ2) is 5.67. The molecule has 0 bridgehead atoms. The minimum atomic E-state index is 0.696. The molecule has 88 valence electrons. The SMILES string of the molecule is C/C(=N/Nc1cccc(Cl)c1)c1ccc(Br)s1. The molecule has 0 saturated carbocycles. The van der Waals surface area contributed by atoms with Crippen molar-refractivity contribution >= 4 is 50.3 Å². The van der Waals surface area contributed by atoms with E-state index in [0.717, 1.165) is 20.1 Å². The van der Waals surface area contributed by atoms with Gasteiger partial charge in [0.15, 0.2) is 0 Å². The molecular formula is C12H10BrClN2S. The van der Waals surface area contributed by atoms with Crippen molar-refractivity contribution in [3.63, 3.8) is 0 Å². The zero-order valence-corrected chi connectivity index (χ0v) is 12.2. The number of thiophene rings is 1. The normalized spacial score (nSPS) is 11.6. The molecule has 0 aliphatic rings. The highest BCUT2D eigenvalue weighted by molar-refractivity contribution is 9.11. The molecule has 0 saturated heterocycles. The van der Waals surface area contributed by atoms with Gasteiger partial charge >= 0.3 is 0 Å². The molecule has 0 radical (unpaired) electrons. The number of hydrogen-bond donors (Lipinski definition) is 1. The van der Waals surface area contributed by atoms with Crippen molar-refractivity contribution in [1.29, 1.82) is 0 Å². The maximum atomic E-state index is 5.89. The molecule has 1 N–H and O–H groups in total. The molecule has 0 unspecified atom stereocenters. The maximum Gasteiger partial charge on any atom is 0.0748 e. The van der Waals surface area contributed by atoms with Crippen molar-refractivity contribution in [2.75, 3.05) is 5.43 Å². The summed E-state index contributed by atoms with van der Waals surface area (Å²) in [5.74, 6) is 0. The van der Waals surface area contributed by atoms with Crippen LogP contribution in [0, 0.1) is 0 Å². The van der Waals surface area contributed by atoms with Crippen molar-refractivity contribution in [1.82, 2.24) is 0 Å². The summed E-state index contributed by atoms with van der Waals surface area (Å²) in [5.41, 5.74) is 4.81. The van der Waals surface area contributed by atoms with E-state index in [4.69, 9.17) is 11.6 Å². The Bertz CT molecular complexity index is 551. The molecule has 17 heavy (non-hydrogen) atoms. The van der Waals surface area contributed by atoms with Crippen LogP contribution >= 0.6 is 38.9 Å². The Morgan fingerprint density at radius 2 is 2.18 bits per heavy atom. The average Bonchev–Trinajstić information content (AvgIpc) is 2.73. The number of anilines is 1. The molecule has 0 atom stereocenters. The largest absolute Gasteiger partial charge is 0.278 e. The van der Waals surface area contributed by atoms with Crippen molar-refractivity contribution in [2.45, 2.75) is 6.92 Å². The first-order valence-corrected chi connectivity index (χ1v) is 6.95. The van der Waals surface area contributed by atoms with Crippen LogP contribution in [0.15, 0.2) is 45.3 Å². The third kappa shape index (κ3) is 3.56. The molecular weight excluding hydrogens is 320 g/mol. The summed E-state index contributed by atoms with van der Waals surface area (Å²) in [4.78, 5) is 1.13. The Kier molecular flexibility index (Phi) is 4.20. The van der Waals surface area contributed by atoms with Crippen LogP contribution in [0.5, 0.6) is 0 Å². The second-order valence-corrected chi connectivity index (χ2v) is 6.32. The van der Waals surface area contributed by atoms with Crippen LogP contribution in [0.3, 0.4) is 0 Å². The lowest BCUT2D eigenvalue weighted by Crippen LogP contribution is -1.97. The van der Waals surface area contributed by atoms with Gasteiger partial charge in [0.05, 0.1) is 20.1 Å². The van der Waals surface area contributed by atoms with E-state index in [-0.39, 0.29) is 0 Å². The van der Waals surface area contributed by atoms with Gasteiger partial charge in [-0.15, -0.1) is 11.3 Å². The smallest absolute Gasteiger partial charge is 0.0748 e. The van der Waals surface area contributed by atoms with E-state index < -0.39 is 0 Å². The summed E-state index contributed by atoms with van der Waals surface area (Å²) in [6.45, 7) is 1.97. The molecule has 0 fully saturated rings. The van der Waals surface area contributed by atoms with Gasteiger partial charge in [-0.2, -0.15) is 5.10 Å². The molecule has 0 aliphatic carbocycles. The maximum absolute atomic E-state index is 5.89. The minimum Gasteiger partial charge on any atom is -0.278 e. The van der Waals surface area contributed by atoms with Crippen LogP contribution in [0.2, 0.25) is 5.02 Å². The molecule has 0 aliphatic heterocycles. The summed E-state index contributed by atoms with van der Waals surface area (Å²) >= 11 is 11.0. The molecule has 0 amide bonds. The van der Waals surface area contributed by atoms with Crippen LogP contribution in [0.25, 0.3) is 0 Å². The Morgan fingerprint density at radius 1 is 1.35 bits per heavy atom. The summed E-state index contributed by atoms with van der Waals surface area (Å²) in [5, 5.41) is 5.01. The van der Waals surface area contributed by atoms with Gasteiger partial charge in [0.25, 0.3) is 0 Å². The summed E-state index contributed by atoms with van der Waals surface area (Å²) in [6.07, 6.45) is 0. The summed E-state index contributed by atoms with van der Waals surface area (Å²) < 4.78 is 1.10. The fourth-order valence-electron chi connectivity index (χ4n) is 1.27. The van der Waals surface area contributed by atoms with Crippen LogP contribution in [-0.4, -0.2) is 5.71 Å². The first kappa shape index (κ1) is 12.6. The summed E-state index contributed by atoms with van der Waals surface area (Å²) in [7, 11) is 0. The summed E-state index contributed by atoms with van der Waals surface area (Å²) in [6, 6.07) is 11.5. The van der Waals surface area contributed by atoms with E-state index in [9.17, 15) is 0 Å². The Morgan fingerprint density at radius 3 is 2.82 bits per heavy atom. The standard InChI is InChI=1S/C12H10BrClN2S/c1-8(11-5-6-12(13)17-11)15-16-10-4-2-3-9(14)7-10/h2-7,16H,1H3/b15-8-. The highest BCUT2D eigenvalue weighted by Crippen LogP contribution is 2.23. The van der Waals surface area contributed by atoms with Gasteiger partial charge in [-0.05, 0) is 53.2 Å². The first-order valence-electron chi connectivity index (χ1n) is 4.97. The molecule has 1 heterocycles. The second-order valence-electron chi connectivity index (χ2n) is 3.42. The predicted molar refractivity (Wildman–Crippen MR) is 79.3 cm³/mol. The van der Waals surface area contributed by atoms with Gasteiger partial charge in [0, 0.05) is 5.02 Å².